The Morgan fingerprint density at radius 1 is 1.05 bits per heavy atom. The molecule has 2 nitrogen and oxygen atoms in total. The van der Waals surface area contributed by atoms with Crippen molar-refractivity contribution in [2.75, 3.05) is 0 Å². The van der Waals surface area contributed by atoms with E-state index in [1.54, 1.807) is 16.7 Å². The van der Waals surface area contributed by atoms with Crippen molar-refractivity contribution in [3.8, 4) is 0 Å². The number of aromatic nitrogens is 1. The first kappa shape index (κ1) is 13.3. The highest BCUT2D eigenvalue weighted by atomic mass is 127. The third kappa shape index (κ3) is 2.47. The van der Waals surface area contributed by atoms with Crippen LogP contribution >= 0.6 is 22.6 Å². The van der Waals surface area contributed by atoms with Crippen molar-refractivity contribution in [2.45, 2.75) is 6.54 Å². The van der Waals surface area contributed by atoms with Gasteiger partial charge in [0.05, 0.1) is 12.1 Å². The van der Waals surface area contributed by atoms with Crippen LogP contribution in [-0.2, 0) is 6.54 Å². The van der Waals surface area contributed by atoms with Crippen molar-refractivity contribution in [1.82, 2.24) is 4.57 Å². The summed E-state index contributed by atoms with van der Waals surface area (Å²) in [6.45, 7) is 0.485. The van der Waals surface area contributed by atoms with Gasteiger partial charge in [-0.05, 0) is 46.4 Å². The SMILES string of the molecule is O=c1cc(I)c2cc(F)ccc2n1Cc1ccccc1. The summed E-state index contributed by atoms with van der Waals surface area (Å²) in [6.07, 6.45) is 0. The van der Waals surface area contributed by atoms with E-state index >= 15 is 0 Å². The van der Waals surface area contributed by atoms with E-state index < -0.39 is 0 Å². The van der Waals surface area contributed by atoms with Gasteiger partial charge in [-0.3, -0.25) is 4.79 Å². The lowest BCUT2D eigenvalue weighted by Gasteiger charge is -2.11. The number of hydrogen-bond acceptors (Lipinski definition) is 1. The molecular formula is C16H11FINO. The van der Waals surface area contributed by atoms with Crippen LogP contribution in [0.2, 0.25) is 0 Å². The van der Waals surface area contributed by atoms with Crippen LogP contribution in [0.5, 0.6) is 0 Å². The molecule has 1 heterocycles. The number of benzene rings is 2. The standard InChI is InChI=1S/C16H11FINO/c17-12-6-7-15-13(8-12)14(18)9-16(20)19(15)10-11-4-2-1-3-5-11/h1-9H,10H2. The van der Waals surface area contributed by atoms with Gasteiger partial charge in [-0.1, -0.05) is 30.3 Å². The molecule has 1 aromatic heterocycles. The molecule has 20 heavy (non-hydrogen) atoms. The van der Waals surface area contributed by atoms with E-state index in [4.69, 9.17) is 0 Å². The predicted molar refractivity (Wildman–Crippen MR) is 86.4 cm³/mol. The minimum atomic E-state index is -0.291. The Balaban J connectivity index is 2.22. The van der Waals surface area contributed by atoms with Gasteiger partial charge in [0.25, 0.3) is 5.56 Å². The Morgan fingerprint density at radius 3 is 2.55 bits per heavy atom. The third-order valence-corrected chi connectivity index (χ3v) is 4.10. The second-order valence-corrected chi connectivity index (χ2v) is 5.73. The average Bonchev–Trinajstić information content (AvgIpc) is 2.45. The molecule has 0 aliphatic heterocycles. The summed E-state index contributed by atoms with van der Waals surface area (Å²) in [5.74, 6) is -0.291. The maximum atomic E-state index is 13.4. The number of fused-ring (bicyclic) bond motifs is 1. The van der Waals surface area contributed by atoms with E-state index in [1.165, 1.54) is 12.1 Å². The number of nitrogens with zero attached hydrogens (tertiary/aromatic N) is 1. The zero-order valence-corrected chi connectivity index (χ0v) is 12.7. The molecule has 0 unspecified atom stereocenters. The van der Waals surface area contributed by atoms with Crippen molar-refractivity contribution < 1.29 is 4.39 Å². The molecule has 0 N–H and O–H groups in total. The number of rotatable bonds is 2. The molecular weight excluding hydrogens is 368 g/mol. The van der Waals surface area contributed by atoms with Crippen LogP contribution in [0.25, 0.3) is 10.9 Å². The van der Waals surface area contributed by atoms with Crippen molar-refractivity contribution in [1.29, 1.82) is 0 Å². The molecule has 0 amide bonds. The van der Waals surface area contributed by atoms with Crippen molar-refractivity contribution in [3.05, 3.63) is 79.9 Å². The molecule has 0 aliphatic carbocycles. The summed E-state index contributed by atoms with van der Waals surface area (Å²) in [5.41, 5.74) is 1.73. The summed E-state index contributed by atoms with van der Waals surface area (Å²) in [6, 6.07) is 15.8. The van der Waals surface area contributed by atoms with Gasteiger partial charge in [-0.15, -0.1) is 0 Å². The first-order valence-electron chi connectivity index (χ1n) is 6.18. The fraction of sp³-hybridized carbons (Fsp3) is 0.0625. The number of hydrogen-bond donors (Lipinski definition) is 0. The van der Waals surface area contributed by atoms with E-state index in [9.17, 15) is 9.18 Å². The van der Waals surface area contributed by atoms with E-state index in [0.29, 0.717) is 6.54 Å². The normalized spacial score (nSPS) is 10.9. The largest absolute Gasteiger partial charge is 0.304 e. The van der Waals surface area contributed by atoms with Gasteiger partial charge in [0.15, 0.2) is 0 Å². The molecule has 0 atom stereocenters. The van der Waals surface area contributed by atoms with Gasteiger partial charge in [-0.2, -0.15) is 0 Å². The van der Waals surface area contributed by atoms with Crippen LogP contribution in [0.1, 0.15) is 5.56 Å². The molecule has 0 bridgehead atoms. The van der Waals surface area contributed by atoms with Crippen LogP contribution in [0.15, 0.2) is 59.4 Å². The second kappa shape index (κ2) is 5.36. The fourth-order valence-electron chi connectivity index (χ4n) is 2.25. The third-order valence-electron chi connectivity index (χ3n) is 3.21. The molecule has 100 valence electrons. The maximum absolute atomic E-state index is 13.4. The quantitative estimate of drug-likeness (QED) is 0.621. The molecule has 0 radical (unpaired) electrons. The molecule has 3 rings (SSSR count). The van der Waals surface area contributed by atoms with Gasteiger partial charge in [0.2, 0.25) is 0 Å². The zero-order chi connectivity index (χ0) is 14.1. The van der Waals surface area contributed by atoms with E-state index in [1.807, 2.05) is 30.3 Å². The van der Waals surface area contributed by atoms with Crippen molar-refractivity contribution in [2.24, 2.45) is 0 Å². The zero-order valence-electron chi connectivity index (χ0n) is 10.5. The van der Waals surface area contributed by atoms with Gasteiger partial charge >= 0.3 is 0 Å². The minimum absolute atomic E-state index is 0.0719. The molecule has 0 aliphatic rings. The summed E-state index contributed by atoms with van der Waals surface area (Å²) in [7, 11) is 0. The molecule has 0 fully saturated rings. The monoisotopic (exact) mass is 379 g/mol. The summed E-state index contributed by atoms with van der Waals surface area (Å²) < 4.78 is 15.8. The highest BCUT2D eigenvalue weighted by Gasteiger charge is 2.08. The van der Waals surface area contributed by atoms with Gasteiger partial charge in [0, 0.05) is 15.0 Å². The number of pyridine rings is 1. The van der Waals surface area contributed by atoms with Crippen LogP contribution < -0.4 is 5.56 Å². The van der Waals surface area contributed by atoms with E-state index in [0.717, 1.165) is 20.0 Å². The van der Waals surface area contributed by atoms with E-state index in [2.05, 4.69) is 22.6 Å². The Hall–Kier alpha value is -1.69. The van der Waals surface area contributed by atoms with Gasteiger partial charge in [-0.25, -0.2) is 4.39 Å². The Labute approximate surface area is 129 Å². The van der Waals surface area contributed by atoms with Gasteiger partial charge < -0.3 is 4.57 Å². The minimum Gasteiger partial charge on any atom is -0.304 e. The highest BCUT2D eigenvalue weighted by molar-refractivity contribution is 14.1. The smallest absolute Gasteiger partial charge is 0.252 e. The molecule has 0 saturated heterocycles. The number of halogens is 2. The van der Waals surface area contributed by atoms with E-state index in [-0.39, 0.29) is 11.4 Å². The Kier molecular flexibility index (Phi) is 3.56. The highest BCUT2D eigenvalue weighted by Crippen LogP contribution is 2.20. The topological polar surface area (TPSA) is 22.0 Å². The lowest BCUT2D eigenvalue weighted by atomic mass is 10.2. The molecule has 2 aromatic carbocycles. The maximum Gasteiger partial charge on any atom is 0.252 e. The lowest BCUT2D eigenvalue weighted by molar-refractivity contribution is 0.629. The molecule has 3 aromatic rings. The van der Waals surface area contributed by atoms with Crippen LogP contribution in [0.4, 0.5) is 4.39 Å². The van der Waals surface area contributed by atoms with Crippen LogP contribution in [0.3, 0.4) is 0 Å². The predicted octanol–water partition coefficient (Wildman–Crippen LogP) is 3.79. The van der Waals surface area contributed by atoms with Crippen molar-refractivity contribution in [3.63, 3.8) is 0 Å². The molecule has 0 spiro atoms. The van der Waals surface area contributed by atoms with Gasteiger partial charge in [0.1, 0.15) is 5.82 Å². The summed E-state index contributed by atoms with van der Waals surface area (Å²) in [4.78, 5) is 12.2. The Morgan fingerprint density at radius 2 is 1.80 bits per heavy atom. The Bertz CT molecular complexity index is 827. The van der Waals surface area contributed by atoms with Crippen LogP contribution in [-0.4, -0.2) is 4.57 Å². The summed E-state index contributed by atoms with van der Waals surface area (Å²) >= 11 is 2.07. The molecule has 4 heteroatoms. The van der Waals surface area contributed by atoms with Crippen molar-refractivity contribution >= 4 is 33.5 Å². The molecule has 0 saturated carbocycles. The summed E-state index contributed by atoms with van der Waals surface area (Å²) in [5, 5.41) is 0.765. The second-order valence-electron chi connectivity index (χ2n) is 4.56. The fourth-order valence-corrected chi connectivity index (χ4v) is 2.95. The lowest BCUT2D eigenvalue weighted by Crippen LogP contribution is -2.21. The van der Waals surface area contributed by atoms with Crippen LogP contribution in [0, 0.1) is 9.39 Å². The first-order chi connectivity index (χ1) is 9.65. The first-order valence-corrected chi connectivity index (χ1v) is 7.25. The average molecular weight is 379 g/mol.